The first kappa shape index (κ1) is 13.1. The van der Waals surface area contributed by atoms with Gasteiger partial charge in [-0.25, -0.2) is 8.78 Å². The second-order valence-corrected chi connectivity index (χ2v) is 3.94. The molecule has 16 heavy (non-hydrogen) atoms. The van der Waals surface area contributed by atoms with Gasteiger partial charge in [0.1, 0.15) is 6.54 Å². The first-order chi connectivity index (χ1) is 7.47. The average Bonchev–Trinajstić information content (AvgIpc) is 2.41. The van der Waals surface area contributed by atoms with Crippen LogP contribution in [0.3, 0.4) is 0 Å². The molecule has 0 aliphatic heterocycles. The van der Waals surface area contributed by atoms with Crippen LogP contribution in [0.5, 0.6) is 0 Å². The van der Waals surface area contributed by atoms with Gasteiger partial charge in [0.15, 0.2) is 0 Å². The van der Waals surface area contributed by atoms with Gasteiger partial charge in [-0.3, -0.25) is 4.68 Å². The maximum absolute atomic E-state index is 12.3. The molecule has 0 aromatic carbocycles. The van der Waals surface area contributed by atoms with Gasteiger partial charge in [0.25, 0.3) is 6.43 Å². The summed E-state index contributed by atoms with van der Waals surface area (Å²) in [5, 5.41) is 7.42. The van der Waals surface area contributed by atoms with Crippen LogP contribution in [0, 0.1) is 13.8 Å². The smallest absolute Gasteiger partial charge is 0.257 e. The molecule has 0 amide bonds. The second-order valence-electron chi connectivity index (χ2n) is 3.94. The van der Waals surface area contributed by atoms with Crippen molar-refractivity contribution in [3.8, 4) is 0 Å². The van der Waals surface area contributed by atoms with E-state index in [1.165, 1.54) is 4.68 Å². The summed E-state index contributed by atoms with van der Waals surface area (Å²) in [5.41, 5.74) is 2.68. The Bertz CT molecular complexity index is 347. The Morgan fingerprint density at radius 3 is 2.50 bits per heavy atom. The number of nitrogens with one attached hydrogen (secondary N) is 1. The van der Waals surface area contributed by atoms with Crippen molar-refractivity contribution in [3.05, 3.63) is 17.0 Å². The van der Waals surface area contributed by atoms with E-state index in [4.69, 9.17) is 0 Å². The minimum absolute atomic E-state index is 0.149. The van der Waals surface area contributed by atoms with E-state index in [-0.39, 0.29) is 12.6 Å². The van der Waals surface area contributed by atoms with E-state index in [1.807, 2.05) is 27.7 Å². The predicted molar refractivity (Wildman–Crippen MR) is 59.8 cm³/mol. The molecule has 92 valence electrons. The molecule has 1 rings (SSSR count). The van der Waals surface area contributed by atoms with Crippen LogP contribution in [0.15, 0.2) is 0 Å². The molecule has 0 aliphatic rings. The van der Waals surface area contributed by atoms with Gasteiger partial charge in [-0.2, -0.15) is 5.10 Å². The van der Waals surface area contributed by atoms with Crippen molar-refractivity contribution in [2.45, 2.75) is 46.7 Å². The molecule has 0 fully saturated rings. The van der Waals surface area contributed by atoms with Gasteiger partial charge in [-0.15, -0.1) is 0 Å². The molecule has 0 radical (unpaired) electrons. The molecule has 1 atom stereocenters. The zero-order valence-corrected chi connectivity index (χ0v) is 10.2. The third kappa shape index (κ3) is 2.78. The second kappa shape index (κ2) is 5.39. The summed E-state index contributed by atoms with van der Waals surface area (Å²) >= 11 is 0. The highest BCUT2D eigenvalue weighted by molar-refractivity contribution is 5.27. The topological polar surface area (TPSA) is 29.9 Å². The average molecular weight is 231 g/mol. The SMILES string of the molecule is CCNC(C)c1c(C)nn(CC(F)F)c1C. The van der Waals surface area contributed by atoms with E-state index in [0.717, 1.165) is 23.5 Å². The maximum Gasteiger partial charge on any atom is 0.257 e. The Balaban J connectivity index is 2.97. The van der Waals surface area contributed by atoms with Crippen molar-refractivity contribution in [2.75, 3.05) is 6.54 Å². The Labute approximate surface area is 94.8 Å². The van der Waals surface area contributed by atoms with Crippen LogP contribution in [0.1, 0.15) is 36.8 Å². The van der Waals surface area contributed by atoms with E-state index in [2.05, 4.69) is 10.4 Å². The number of rotatable bonds is 5. The molecule has 0 aliphatic carbocycles. The highest BCUT2D eigenvalue weighted by Crippen LogP contribution is 2.21. The molecule has 5 heteroatoms. The molecule has 1 aromatic heterocycles. The number of hydrogen-bond acceptors (Lipinski definition) is 2. The molecular formula is C11H19F2N3. The fourth-order valence-electron chi connectivity index (χ4n) is 2.05. The third-order valence-corrected chi connectivity index (χ3v) is 2.69. The van der Waals surface area contributed by atoms with Gasteiger partial charge in [-0.1, -0.05) is 6.92 Å². The zero-order valence-electron chi connectivity index (χ0n) is 10.2. The monoisotopic (exact) mass is 231 g/mol. The molecule has 1 heterocycles. The standard InChI is InChI=1S/C11H19F2N3/c1-5-14-7(2)11-8(3)15-16(9(11)4)6-10(12)13/h7,10,14H,5-6H2,1-4H3. The van der Waals surface area contributed by atoms with Crippen LogP contribution in [-0.4, -0.2) is 22.8 Å². The summed E-state index contributed by atoms with van der Waals surface area (Å²) in [7, 11) is 0. The van der Waals surface area contributed by atoms with Gasteiger partial charge < -0.3 is 5.32 Å². The van der Waals surface area contributed by atoms with Crippen molar-refractivity contribution in [1.29, 1.82) is 0 Å². The lowest BCUT2D eigenvalue weighted by Gasteiger charge is -2.13. The van der Waals surface area contributed by atoms with Gasteiger partial charge in [0.05, 0.1) is 5.69 Å². The van der Waals surface area contributed by atoms with Crippen LogP contribution >= 0.6 is 0 Å². The Morgan fingerprint density at radius 1 is 1.38 bits per heavy atom. The minimum atomic E-state index is -2.36. The molecule has 0 spiro atoms. The van der Waals surface area contributed by atoms with Gasteiger partial charge in [0.2, 0.25) is 0 Å². The summed E-state index contributed by atoms with van der Waals surface area (Å²) in [6.07, 6.45) is -2.36. The van der Waals surface area contributed by atoms with E-state index in [1.54, 1.807) is 0 Å². The minimum Gasteiger partial charge on any atom is -0.310 e. The lowest BCUT2D eigenvalue weighted by atomic mass is 10.1. The first-order valence-corrected chi connectivity index (χ1v) is 5.52. The van der Waals surface area contributed by atoms with Gasteiger partial charge >= 0.3 is 0 Å². The molecular weight excluding hydrogens is 212 g/mol. The lowest BCUT2D eigenvalue weighted by Crippen LogP contribution is -2.19. The normalized spacial score (nSPS) is 13.4. The van der Waals surface area contributed by atoms with Crippen molar-refractivity contribution >= 4 is 0 Å². The van der Waals surface area contributed by atoms with E-state index < -0.39 is 6.43 Å². The molecule has 3 nitrogen and oxygen atoms in total. The highest BCUT2D eigenvalue weighted by Gasteiger charge is 2.18. The van der Waals surface area contributed by atoms with Crippen LogP contribution in [-0.2, 0) is 6.54 Å². The van der Waals surface area contributed by atoms with Crippen molar-refractivity contribution in [1.82, 2.24) is 15.1 Å². The first-order valence-electron chi connectivity index (χ1n) is 5.52. The Kier molecular flexibility index (Phi) is 4.41. The quantitative estimate of drug-likeness (QED) is 0.843. The molecule has 0 bridgehead atoms. The van der Waals surface area contributed by atoms with Crippen LogP contribution in [0.2, 0.25) is 0 Å². The summed E-state index contributed by atoms with van der Waals surface area (Å²) in [6, 6.07) is 0.149. The predicted octanol–water partition coefficient (Wildman–Crippen LogP) is 2.44. The van der Waals surface area contributed by atoms with Crippen molar-refractivity contribution < 1.29 is 8.78 Å². The molecule has 1 aromatic rings. The van der Waals surface area contributed by atoms with E-state index >= 15 is 0 Å². The highest BCUT2D eigenvalue weighted by atomic mass is 19.3. The third-order valence-electron chi connectivity index (χ3n) is 2.69. The number of alkyl halides is 2. The van der Waals surface area contributed by atoms with Gasteiger partial charge in [-0.05, 0) is 27.3 Å². The van der Waals surface area contributed by atoms with Crippen molar-refractivity contribution in [3.63, 3.8) is 0 Å². The van der Waals surface area contributed by atoms with Gasteiger partial charge in [0, 0.05) is 17.3 Å². The van der Waals surface area contributed by atoms with E-state index in [9.17, 15) is 8.78 Å². The maximum atomic E-state index is 12.3. The van der Waals surface area contributed by atoms with Crippen LogP contribution in [0.4, 0.5) is 8.78 Å². The van der Waals surface area contributed by atoms with E-state index in [0.29, 0.717) is 0 Å². The summed E-state index contributed by atoms with van der Waals surface area (Å²) < 4.78 is 26.0. The Morgan fingerprint density at radius 2 is 2.00 bits per heavy atom. The lowest BCUT2D eigenvalue weighted by molar-refractivity contribution is 0.121. The molecule has 1 unspecified atom stereocenters. The van der Waals surface area contributed by atoms with Crippen LogP contribution < -0.4 is 5.32 Å². The number of aromatic nitrogens is 2. The largest absolute Gasteiger partial charge is 0.310 e. The number of aryl methyl sites for hydroxylation is 1. The number of hydrogen-bond donors (Lipinski definition) is 1. The Hall–Kier alpha value is -0.970. The zero-order chi connectivity index (χ0) is 12.3. The van der Waals surface area contributed by atoms with Crippen LogP contribution in [0.25, 0.3) is 0 Å². The fraction of sp³-hybridized carbons (Fsp3) is 0.727. The fourth-order valence-corrected chi connectivity index (χ4v) is 2.05. The summed E-state index contributed by atoms with van der Waals surface area (Å²) in [6.45, 7) is 8.26. The molecule has 1 N–H and O–H groups in total. The van der Waals surface area contributed by atoms with Crippen molar-refractivity contribution in [2.24, 2.45) is 0 Å². The molecule has 0 saturated heterocycles. The summed E-state index contributed by atoms with van der Waals surface area (Å²) in [5.74, 6) is 0. The number of halogens is 2. The summed E-state index contributed by atoms with van der Waals surface area (Å²) in [4.78, 5) is 0. The molecule has 0 saturated carbocycles. The number of nitrogens with zero attached hydrogens (tertiary/aromatic N) is 2.